The molecule has 92 valence electrons. The molecule has 18 heavy (non-hydrogen) atoms. The Hall–Kier alpha value is -1.75. The maximum atomic E-state index is 12.0. The predicted molar refractivity (Wildman–Crippen MR) is 73.3 cm³/mol. The van der Waals surface area contributed by atoms with Crippen molar-refractivity contribution in [2.75, 3.05) is 11.9 Å². The van der Waals surface area contributed by atoms with Crippen molar-refractivity contribution in [3.8, 4) is 0 Å². The summed E-state index contributed by atoms with van der Waals surface area (Å²) < 4.78 is 0.886. The zero-order chi connectivity index (χ0) is 13.0. The fourth-order valence-corrected chi connectivity index (χ4v) is 1.70. The molecule has 5 heteroatoms. The number of nitrogens with zero attached hydrogens (tertiary/aromatic N) is 3. The zero-order valence-corrected chi connectivity index (χ0v) is 11.5. The number of carbonyl (C=O) groups is 1. The molecule has 4 nitrogen and oxygen atoms in total. The third-order valence-electron chi connectivity index (χ3n) is 2.49. The topological polar surface area (TPSA) is 46.1 Å². The van der Waals surface area contributed by atoms with Gasteiger partial charge in [0.2, 0.25) is 5.91 Å². The molecule has 0 N–H and O–H groups in total. The summed E-state index contributed by atoms with van der Waals surface area (Å²) in [4.78, 5) is 21.9. The average Bonchev–Trinajstić information content (AvgIpc) is 2.40. The largest absolute Gasteiger partial charge is 0.300 e. The molecule has 0 aliphatic rings. The fourth-order valence-electron chi connectivity index (χ4n) is 1.47. The number of hydrogen-bond acceptors (Lipinski definition) is 3. The van der Waals surface area contributed by atoms with Gasteiger partial charge in [-0.3, -0.25) is 14.7 Å². The minimum absolute atomic E-state index is 0.0384. The Balaban J connectivity index is 2.07. The number of rotatable bonds is 3. The molecule has 0 saturated heterocycles. The Morgan fingerprint density at radius 3 is 2.72 bits per heavy atom. The van der Waals surface area contributed by atoms with Crippen LogP contribution in [0.25, 0.3) is 0 Å². The van der Waals surface area contributed by atoms with Crippen LogP contribution in [-0.4, -0.2) is 22.9 Å². The predicted octanol–water partition coefficient (Wildman–Crippen LogP) is 2.44. The first-order chi connectivity index (χ1) is 8.66. The van der Waals surface area contributed by atoms with Gasteiger partial charge in [-0.2, -0.15) is 0 Å². The van der Waals surface area contributed by atoms with Gasteiger partial charge < -0.3 is 0 Å². The molecular formula is C13H12BrN3O. The maximum Gasteiger partial charge on any atom is 0.233 e. The van der Waals surface area contributed by atoms with Gasteiger partial charge in [-0.1, -0.05) is 6.07 Å². The Labute approximate surface area is 114 Å². The van der Waals surface area contributed by atoms with E-state index in [1.54, 1.807) is 25.5 Å². The molecule has 0 saturated carbocycles. The summed E-state index contributed by atoms with van der Waals surface area (Å²) in [7, 11) is 1.71. The van der Waals surface area contributed by atoms with Gasteiger partial charge in [0.25, 0.3) is 0 Å². The van der Waals surface area contributed by atoms with Gasteiger partial charge in [-0.15, -0.1) is 0 Å². The maximum absolute atomic E-state index is 12.0. The lowest BCUT2D eigenvalue weighted by atomic mass is 10.2. The molecule has 2 heterocycles. The van der Waals surface area contributed by atoms with Crippen LogP contribution in [0.2, 0.25) is 0 Å². The van der Waals surface area contributed by atoms with Gasteiger partial charge in [-0.25, -0.2) is 4.98 Å². The second-order valence-electron chi connectivity index (χ2n) is 3.79. The number of amides is 1. The molecule has 2 aromatic heterocycles. The summed E-state index contributed by atoms with van der Waals surface area (Å²) in [6.45, 7) is 0. The summed E-state index contributed by atoms with van der Waals surface area (Å²) in [6.07, 6.45) is 3.62. The van der Waals surface area contributed by atoms with Crippen molar-refractivity contribution in [3.63, 3.8) is 0 Å². The lowest BCUT2D eigenvalue weighted by Crippen LogP contribution is -2.28. The normalized spacial score (nSPS) is 10.1. The molecule has 0 aliphatic heterocycles. The van der Waals surface area contributed by atoms with Crippen LogP contribution >= 0.6 is 15.9 Å². The molecular weight excluding hydrogens is 294 g/mol. The Morgan fingerprint density at radius 2 is 2.11 bits per heavy atom. The quantitative estimate of drug-likeness (QED) is 0.875. The van der Waals surface area contributed by atoms with Crippen LogP contribution in [0, 0.1) is 0 Å². The third-order valence-corrected chi connectivity index (χ3v) is 2.96. The van der Waals surface area contributed by atoms with Crippen molar-refractivity contribution in [2.45, 2.75) is 6.42 Å². The SMILES string of the molecule is CN(C(=O)Cc1ccccn1)c1ccc(Br)cn1. The molecule has 0 radical (unpaired) electrons. The number of likely N-dealkylation sites (N-methyl/N-ethyl adjacent to an activating group) is 1. The van der Waals surface area contributed by atoms with E-state index in [0.717, 1.165) is 10.2 Å². The highest BCUT2D eigenvalue weighted by Crippen LogP contribution is 2.14. The minimum Gasteiger partial charge on any atom is -0.300 e. The van der Waals surface area contributed by atoms with Crippen LogP contribution < -0.4 is 4.90 Å². The van der Waals surface area contributed by atoms with Crippen LogP contribution in [0.4, 0.5) is 5.82 Å². The minimum atomic E-state index is -0.0384. The number of anilines is 1. The molecule has 0 atom stereocenters. The lowest BCUT2D eigenvalue weighted by Gasteiger charge is -2.15. The van der Waals surface area contributed by atoms with E-state index in [4.69, 9.17) is 0 Å². The highest BCUT2D eigenvalue weighted by molar-refractivity contribution is 9.10. The number of carbonyl (C=O) groups excluding carboxylic acids is 1. The van der Waals surface area contributed by atoms with Crippen molar-refractivity contribution in [2.24, 2.45) is 0 Å². The molecule has 0 unspecified atom stereocenters. The molecule has 2 rings (SSSR count). The Morgan fingerprint density at radius 1 is 1.28 bits per heavy atom. The summed E-state index contributed by atoms with van der Waals surface area (Å²) in [5, 5.41) is 0. The van der Waals surface area contributed by atoms with E-state index < -0.39 is 0 Å². The first kappa shape index (κ1) is 12.7. The molecule has 2 aromatic rings. The average molecular weight is 306 g/mol. The fraction of sp³-hybridized carbons (Fsp3) is 0.154. The van der Waals surface area contributed by atoms with E-state index >= 15 is 0 Å². The van der Waals surface area contributed by atoms with Crippen molar-refractivity contribution in [3.05, 3.63) is 52.9 Å². The number of aromatic nitrogens is 2. The second-order valence-corrected chi connectivity index (χ2v) is 4.70. The summed E-state index contributed by atoms with van der Waals surface area (Å²) in [5.74, 6) is 0.586. The smallest absolute Gasteiger partial charge is 0.233 e. The molecule has 0 spiro atoms. The highest BCUT2D eigenvalue weighted by Gasteiger charge is 2.12. The van der Waals surface area contributed by atoms with Crippen LogP contribution in [0.1, 0.15) is 5.69 Å². The molecule has 1 amide bonds. The van der Waals surface area contributed by atoms with Crippen molar-refractivity contribution in [1.29, 1.82) is 0 Å². The molecule has 0 bridgehead atoms. The van der Waals surface area contributed by atoms with Crippen LogP contribution in [0.3, 0.4) is 0 Å². The summed E-state index contributed by atoms with van der Waals surface area (Å²) in [5.41, 5.74) is 0.756. The molecule has 0 aliphatic carbocycles. The Kier molecular flexibility index (Phi) is 4.04. The van der Waals surface area contributed by atoms with Gasteiger partial charge in [0.15, 0.2) is 0 Å². The summed E-state index contributed by atoms with van der Waals surface area (Å²) in [6, 6.07) is 9.18. The van der Waals surface area contributed by atoms with Crippen molar-refractivity contribution >= 4 is 27.7 Å². The van der Waals surface area contributed by atoms with Gasteiger partial charge in [-0.05, 0) is 40.2 Å². The Bertz CT molecular complexity index is 528. The van der Waals surface area contributed by atoms with E-state index in [-0.39, 0.29) is 12.3 Å². The van der Waals surface area contributed by atoms with Gasteiger partial charge in [0.1, 0.15) is 5.82 Å². The van der Waals surface area contributed by atoms with Crippen LogP contribution in [0.15, 0.2) is 47.2 Å². The zero-order valence-electron chi connectivity index (χ0n) is 9.88. The lowest BCUT2D eigenvalue weighted by molar-refractivity contribution is -0.117. The van der Waals surface area contributed by atoms with E-state index in [1.807, 2.05) is 24.3 Å². The standard InChI is InChI=1S/C13H12BrN3O/c1-17(12-6-5-10(14)9-16-12)13(18)8-11-4-2-3-7-15-11/h2-7,9H,8H2,1H3. The van der Waals surface area contributed by atoms with E-state index in [0.29, 0.717) is 5.82 Å². The number of pyridine rings is 2. The first-order valence-electron chi connectivity index (χ1n) is 5.45. The highest BCUT2D eigenvalue weighted by atomic mass is 79.9. The van der Waals surface area contributed by atoms with Gasteiger partial charge in [0, 0.05) is 29.6 Å². The van der Waals surface area contributed by atoms with Crippen LogP contribution in [-0.2, 0) is 11.2 Å². The van der Waals surface area contributed by atoms with Crippen molar-refractivity contribution in [1.82, 2.24) is 9.97 Å². The second kappa shape index (κ2) is 5.73. The third kappa shape index (κ3) is 3.13. The first-order valence-corrected chi connectivity index (χ1v) is 6.24. The number of hydrogen-bond donors (Lipinski definition) is 0. The van der Waals surface area contributed by atoms with E-state index in [9.17, 15) is 4.79 Å². The van der Waals surface area contributed by atoms with Gasteiger partial charge >= 0.3 is 0 Å². The van der Waals surface area contributed by atoms with Crippen molar-refractivity contribution < 1.29 is 4.79 Å². The monoisotopic (exact) mass is 305 g/mol. The summed E-state index contributed by atoms with van der Waals surface area (Å²) >= 11 is 3.31. The number of halogens is 1. The van der Waals surface area contributed by atoms with Crippen LogP contribution in [0.5, 0.6) is 0 Å². The van der Waals surface area contributed by atoms with E-state index in [1.165, 1.54) is 4.90 Å². The van der Waals surface area contributed by atoms with Gasteiger partial charge in [0.05, 0.1) is 6.42 Å². The molecule has 0 fully saturated rings. The van der Waals surface area contributed by atoms with E-state index in [2.05, 4.69) is 25.9 Å². The molecule has 0 aromatic carbocycles.